The molecule has 1 unspecified atom stereocenters. The van der Waals surface area contributed by atoms with E-state index in [-0.39, 0.29) is 31.1 Å². The first kappa shape index (κ1) is 58.1. The van der Waals surface area contributed by atoms with E-state index in [1.54, 1.807) is 0 Å². The SMILES string of the molecule is CC/C=C\C/C=C\CCCCCCCC(=O)OCC(COC(=O)CCCCCCC/C=C\C=C/CCCCCCCCC)OC(=O)CCCCC/C=C\CCCCCCCC. The molecule has 0 radical (unpaired) electrons. The molecule has 0 rings (SSSR count). The molecular weight excluding hydrogens is 757 g/mol. The first-order valence-electron chi connectivity index (χ1n) is 25.8. The van der Waals surface area contributed by atoms with Crippen molar-refractivity contribution in [3.8, 4) is 0 Å². The molecule has 0 saturated carbocycles. The first-order valence-corrected chi connectivity index (χ1v) is 25.8. The van der Waals surface area contributed by atoms with Crippen LogP contribution in [-0.2, 0) is 28.6 Å². The molecule has 0 saturated heterocycles. The van der Waals surface area contributed by atoms with Crippen LogP contribution in [0, 0.1) is 0 Å². The Hall–Kier alpha value is -2.89. The van der Waals surface area contributed by atoms with Crippen LogP contribution in [0.15, 0.2) is 60.8 Å². The van der Waals surface area contributed by atoms with E-state index in [1.807, 2.05) is 0 Å². The minimum Gasteiger partial charge on any atom is -0.462 e. The Kier molecular flexibility index (Phi) is 47.4. The van der Waals surface area contributed by atoms with E-state index in [4.69, 9.17) is 14.2 Å². The minimum absolute atomic E-state index is 0.0928. The molecule has 61 heavy (non-hydrogen) atoms. The van der Waals surface area contributed by atoms with Crippen LogP contribution in [0.1, 0.15) is 252 Å². The molecule has 0 aliphatic carbocycles. The summed E-state index contributed by atoms with van der Waals surface area (Å²) in [5.74, 6) is -0.935. The van der Waals surface area contributed by atoms with Crippen LogP contribution < -0.4 is 0 Å². The maximum atomic E-state index is 12.8. The lowest BCUT2D eigenvalue weighted by atomic mass is 10.1. The normalized spacial score (nSPS) is 12.5. The topological polar surface area (TPSA) is 78.9 Å². The van der Waals surface area contributed by atoms with Crippen molar-refractivity contribution in [3.63, 3.8) is 0 Å². The molecule has 0 heterocycles. The molecule has 0 amide bonds. The van der Waals surface area contributed by atoms with Gasteiger partial charge in [0.05, 0.1) is 0 Å². The van der Waals surface area contributed by atoms with Crippen LogP contribution in [0.5, 0.6) is 0 Å². The molecule has 0 bridgehead atoms. The van der Waals surface area contributed by atoms with Gasteiger partial charge in [-0.25, -0.2) is 0 Å². The van der Waals surface area contributed by atoms with E-state index in [0.29, 0.717) is 19.3 Å². The molecule has 6 nitrogen and oxygen atoms in total. The van der Waals surface area contributed by atoms with Crippen molar-refractivity contribution in [2.45, 2.75) is 258 Å². The summed E-state index contributed by atoms with van der Waals surface area (Å²) in [6.45, 7) is 6.48. The number of rotatable bonds is 46. The number of carbonyl (C=O) groups is 3. The summed E-state index contributed by atoms with van der Waals surface area (Å²) in [5.41, 5.74) is 0. The number of allylic oxidation sites excluding steroid dienone is 10. The highest BCUT2D eigenvalue weighted by atomic mass is 16.6. The van der Waals surface area contributed by atoms with Crippen LogP contribution in [0.2, 0.25) is 0 Å². The lowest BCUT2D eigenvalue weighted by Crippen LogP contribution is -2.30. The molecule has 352 valence electrons. The predicted octanol–water partition coefficient (Wildman–Crippen LogP) is 16.9. The first-order chi connectivity index (χ1) is 30.0. The van der Waals surface area contributed by atoms with Crippen molar-refractivity contribution >= 4 is 17.9 Å². The highest BCUT2D eigenvalue weighted by molar-refractivity contribution is 5.71. The fourth-order valence-electron chi connectivity index (χ4n) is 7.11. The summed E-state index contributed by atoms with van der Waals surface area (Å²) in [5, 5.41) is 0. The van der Waals surface area contributed by atoms with E-state index in [2.05, 4.69) is 81.5 Å². The maximum Gasteiger partial charge on any atom is 0.306 e. The predicted molar refractivity (Wildman–Crippen MR) is 261 cm³/mol. The van der Waals surface area contributed by atoms with E-state index in [9.17, 15) is 14.4 Å². The third-order valence-electron chi connectivity index (χ3n) is 11.0. The van der Waals surface area contributed by atoms with Crippen molar-refractivity contribution in [3.05, 3.63) is 60.8 Å². The van der Waals surface area contributed by atoms with Crippen molar-refractivity contribution in [2.24, 2.45) is 0 Å². The molecule has 0 aliphatic heterocycles. The van der Waals surface area contributed by atoms with E-state index >= 15 is 0 Å². The smallest absolute Gasteiger partial charge is 0.306 e. The number of hydrogen-bond donors (Lipinski definition) is 0. The molecule has 0 aromatic rings. The monoisotopic (exact) mass is 853 g/mol. The minimum atomic E-state index is -0.793. The van der Waals surface area contributed by atoms with Crippen LogP contribution in [0.25, 0.3) is 0 Å². The highest BCUT2D eigenvalue weighted by Crippen LogP contribution is 2.14. The Morgan fingerprint density at radius 1 is 0.361 bits per heavy atom. The zero-order valence-corrected chi connectivity index (χ0v) is 40.2. The Labute approximate surface area is 377 Å². The van der Waals surface area contributed by atoms with Crippen LogP contribution in [0.4, 0.5) is 0 Å². The lowest BCUT2D eigenvalue weighted by molar-refractivity contribution is -0.167. The van der Waals surface area contributed by atoms with Crippen LogP contribution in [0.3, 0.4) is 0 Å². The van der Waals surface area contributed by atoms with Crippen molar-refractivity contribution in [1.29, 1.82) is 0 Å². The number of unbranched alkanes of at least 4 members (excludes halogenated alkanes) is 26. The fourth-order valence-corrected chi connectivity index (χ4v) is 7.11. The molecule has 0 aliphatic rings. The molecule has 0 aromatic heterocycles. The van der Waals surface area contributed by atoms with Gasteiger partial charge in [0, 0.05) is 19.3 Å². The summed E-state index contributed by atoms with van der Waals surface area (Å²) >= 11 is 0. The van der Waals surface area contributed by atoms with Gasteiger partial charge in [-0.2, -0.15) is 0 Å². The molecule has 0 N–H and O–H groups in total. The van der Waals surface area contributed by atoms with Crippen LogP contribution in [-0.4, -0.2) is 37.2 Å². The zero-order valence-electron chi connectivity index (χ0n) is 40.2. The largest absolute Gasteiger partial charge is 0.462 e. The molecule has 0 fully saturated rings. The second kappa shape index (κ2) is 49.8. The lowest BCUT2D eigenvalue weighted by Gasteiger charge is -2.18. The second-order valence-electron chi connectivity index (χ2n) is 17.1. The van der Waals surface area contributed by atoms with Gasteiger partial charge in [-0.15, -0.1) is 0 Å². The summed E-state index contributed by atoms with van der Waals surface area (Å²) in [4.78, 5) is 37.9. The van der Waals surface area contributed by atoms with Gasteiger partial charge in [0.25, 0.3) is 0 Å². The number of hydrogen-bond acceptors (Lipinski definition) is 6. The maximum absolute atomic E-state index is 12.8. The van der Waals surface area contributed by atoms with Gasteiger partial charge in [-0.1, -0.05) is 197 Å². The van der Waals surface area contributed by atoms with Crippen molar-refractivity contribution in [1.82, 2.24) is 0 Å². The Balaban J connectivity index is 4.41. The van der Waals surface area contributed by atoms with Gasteiger partial charge in [-0.05, 0) is 96.3 Å². The number of esters is 3. The van der Waals surface area contributed by atoms with Gasteiger partial charge in [0.2, 0.25) is 0 Å². The third-order valence-corrected chi connectivity index (χ3v) is 11.0. The quantitative estimate of drug-likeness (QED) is 0.0200. The van der Waals surface area contributed by atoms with Gasteiger partial charge >= 0.3 is 17.9 Å². The second-order valence-corrected chi connectivity index (χ2v) is 17.1. The fraction of sp³-hybridized carbons (Fsp3) is 0.764. The zero-order chi connectivity index (χ0) is 44.4. The van der Waals surface area contributed by atoms with E-state index in [0.717, 1.165) is 122 Å². The average molecular weight is 853 g/mol. The van der Waals surface area contributed by atoms with Crippen molar-refractivity contribution in [2.75, 3.05) is 13.2 Å². The molecule has 1 atom stereocenters. The number of carbonyl (C=O) groups excluding carboxylic acids is 3. The Morgan fingerprint density at radius 2 is 0.689 bits per heavy atom. The van der Waals surface area contributed by atoms with E-state index in [1.165, 1.54) is 89.9 Å². The molecule has 0 spiro atoms. The van der Waals surface area contributed by atoms with Gasteiger partial charge in [0.1, 0.15) is 13.2 Å². The molecular formula is C55H96O6. The van der Waals surface area contributed by atoms with E-state index < -0.39 is 6.10 Å². The highest BCUT2D eigenvalue weighted by Gasteiger charge is 2.19. The van der Waals surface area contributed by atoms with Gasteiger partial charge < -0.3 is 14.2 Å². The average Bonchev–Trinajstić information content (AvgIpc) is 3.26. The molecule has 0 aromatic carbocycles. The summed E-state index contributed by atoms with van der Waals surface area (Å²) in [6, 6.07) is 0. The molecule has 6 heteroatoms. The third kappa shape index (κ3) is 48.0. The van der Waals surface area contributed by atoms with Crippen molar-refractivity contribution < 1.29 is 28.6 Å². The van der Waals surface area contributed by atoms with Gasteiger partial charge in [-0.3, -0.25) is 14.4 Å². The number of ether oxygens (including phenoxy) is 3. The summed E-state index contributed by atoms with van der Waals surface area (Å²) in [7, 11) is 0. The van der Waals surface area contributed by atoms with Gasteiger partial charge in [0.15, 0.2) is 6.10 Å². The Morgan fingerprint density at radius 3 is 1.11 bits per heavy atom. The summed E-state index contributed by atoms with van der Waals surface area (Å²) < 4.78 is 16.7. The standard InChI is InChI=1S/C55H96O6/c1-4-7-10-13-16-19-22-25-26-27-28-29-31-33-36-39-42-45-48-54(57)60-51-52(50-59-53(56)47-44-41-38-35-32-24-21-18-15-12-9-6-3)61-55(58)49-46-43-40-37-34-30-23-20-17-14-11-8-5-2/h9,12,18,21,26-30,34,52H,4-8,10-11,13-17,19-20,22-25,31-33,35-51H2,1-3H3/b12-9-,21-18-,27-26-,29-28-,34-30-. The van der Waals surface area contributed by atoms with Crippen LogP contribution >= 0.6 is 0 Å². The Bertz CT molecular complexity index is 1120. The summed E-state index contributed by atoms with van der Waals surface area (Å²) in [6.07, 6.45) is 60.6.